The van der Waals surface area contributed by atoms with E-state index in [2.05, 4.69) is 20.3 Å². The van der Waals surface area contributed by atoms with Crippen LogP contribution < -0.4 is 4.90 Å². The molecule has 0 saturated carbocycles. The van der Waals surface area contributed by atoms with Crippen molar-refractivity contribution in [2.45, 2.75) is 12.5 Å². The number of alkyl halides is 2. The van der Waals surface area contributed by atoms with E-state index in [1.54, 1.807) is 18.3 Å². The molecule has 0 aliphatic carbocycles. The normalized spacial score (nSPS) is 18.9. The zero-order chi connectivity index (χ0) is 15.8. The van der Waals surface area contributed by atoms with Crippen LogP contribution in [-0.4, -0.2) is 44.5 Å². The third kappa shape index (κ3) is 2.63. The van der Waals surface area contributed by atoms with Gasteiger partial charge in [-0.05, 0) is 12.1 Å². The number of morpholine rings is 1. The summed E-state index contributed by atoms with van der Waals surface area (Å²) in [5.41, 5.74) is 0.300. The molecule has 1 fully saturated rings. The summed E-state index contributed by atoms with van der Waals surface area (Å²) < 4.78 is 32.7. The number of fused-ring (bicyclic) bond motifs is 1. The lowest BCUT2D eigenvalue weighted by molar-refractivity contribution is 0.0393. The minimum absolute atomic E-state index is 0.142. The fourth-order valence-electron chi connectivity index (χ4n) is 2.50. The van der Waals surface area contributed by atoms with Gasteiger partial charge in [0.1, 0.15) is 16.9 Å². The number of anilines is 1. The van der Waals surface area contributed by atoms with E-state index in [0.717, 1.165) is 9.52 Å². The molecule has 0 amide bonds. The van der Waals surface area contributed by atoms with Crippen molar-refractivity contribution < 1.29 is 13.5 Å². The summed E-state index contributed by atoms with van der Waals surface area (Å²) in [5.74, 6) is 0.135. The lowest BCUT2D eigenvalue weighted by Gasteiger charge is -2.32. The Morgan fingerprint density at radius 1 is 1.30 bits per heavy atom. The molecule has 1 saturated heterocycles. The second-order valence-electron chi connectivity index (χ2n) is 5.00. The molecule has 1 aliphatic heterocycles. The summed E-state index contributed by atoms with van der Waals surface area (Å²) in [6, 6.07) is 3.39. The van der Waals surface area contributed by atoms with E-state index in [4.69, 9.17) is 4.74 Å². The molecule has 10 heteroatoms. The number of rotatable bonds is 3. The van der Waals surface area contributed by atoms with Crippen LogP contribution in [0.15, 0.2) is 23.7 Å². The lowest BCUT2D eigenvalue weighted by Crippen LogP contribution is -2.39. The highest BCUT2D eigenvalue weighted by Crippen LogP contribution is 2.27. The first-order valence-electron chi connectivity index (χ1n) is 6.99. The minimum atomic E-state index is -2.72. The number of halogens is 2. The van der Waals surface area contributed by atoms with Gasteiger partial charge in [0.15, 0.2) is 5.65 Å². The highest BCUT2D eigenvalue weighted by Gasteiger charge is 2.25. The average molecular weight is 338 g/mol. The van der Waals surface area contributed by atoms with E-state index in [1.807, 2.05) is 10.3 Å². The van der Waals surface area contributed by atoms with E-state index >= 15 is 0 Å². The second-order valence-corrected chi connectivity index (χ2v) is 5.92. The van der Waals surface area contributed by atoms with Crippen LogP contribution in [-0.2, 0) is 4.74 Å². The quantitative estimate of drug-likeness (QED) is 0.728. The van der Waals surface area contributed by atoms with Crippen LogP contribution in [0.3, 0.4) is 0 Å². The molecular formula is C13H12F2N6OS. The Balaban J connectivity index is 1.64. The van der Waals surface area contributed by atoms with Gasteiger partial charge in [-0.15, -0.1) is 26.6 Å². The first kappa shape index (κ1) is 14.4. The van der Waals surface area contributed by atoms with E-state index < -0.39 is 12.2 Å². The SMILES string of the molecule is FC(F)c1nnc2ccc(N3CCOC(c4nccs4)C3)nn12. The molecule has 1 atom stereocenters. The highest BCUT2D eigenvalue weighted by molar-refractivity contribution is 7.09. The van der Waals surface area contributed by atoms with Crippen LogP contribution in [0.2, 0.25) is 0 Å². The van der Waals surface area contributed by atoms with Crippen molar-refractivity contribution in [3.8, 4) is 0 Å². The van der Waals surface area contributed by atoms with Crippen LogP contribution in [0.5, 0.6) is 0 Å². The van der Waals surface area contributed by atoms with Crippen molar-refractivity contribution in [3.63, 3.8) is 0 Å². The van der Waals surface area contributed by atoms with E-state index in [0.29, 0.717) is 31.2 Å². The van der Waals surface area contributed by atoms with Gasteiger partial charge in [-0.3, -0.25) is 0 Å². The van der Waals surface area contributed by atoms with Gasteiger partial charge in [0, 0.05) is 18.1 Å². The molecule has 0 N–H and O–H groups in total. The van der Waals surface area contributed by atoms with Gasteiger partial charge < -0.3 is 9.64 Å². The number of hydrogen-bond acceptors (Lipinski definition) is 7. The van der Waals surface area contributed by atoms with E-state index in [1.165, 1.54) is 11.3 Å². The van der Waals surface area contributed by atoms with Gasteiger partial charge in [0.25, 0.3) is 6.43 Å². The number of ether oxygens (including phenoxy) is 1. The summed E-state index contributed by atoms with van der Waals surface area (Å²) in [6.45, 7) is 1.72. The Hall–Kier alpha value is -2.20. The Labute approximate surface area is 133 Å². The Bertz CT molecular complexity index is 808. The molecule has 4 heterocycles. The molecule has 1 unspecified atom stereocenters. The maximum atomic E-state index is 12.9. The largest absolute Gasteiger partial charge is 0.367 e. The zero-order valence-corrected chi connectivity index (χ0v) is 12.7. The first-order chi connectivity index (χ1) is 11.2. The molecule has 120 valence electrons. The van der Waals surface area contributed by atoms with Crippen molar-refractivity contribution >= 4 is 22.8 Å². The number of aromatic nitrogens is 5. The van der Waals surface area contributed by atoms with Crippen molar-refractivity contribution in [2.24, 2.45) is 0 Å². The molecular weight excluding hydrogens is 326 g/mol. The van der Waals surface area contributed by atoms with Gasteiger partial charge in [-0.1, -0.05) is 0 Å². The Morgan fingerprint density at radius 2 is 2.22 bits per heavy atom. The van der Waals surface area contributed by atoms with Crippen molar-refractivity contribution in [3.05, 3.63) is 34.5 Å². The molecule has 0 aromatic carbocycles. The van der Waals surface area contributed by atoms with Crippen molar-refractivity contribution in [1.82, 2.24) is 24.8 Å². The summed E-state index contributed by atoms with van der Waals surface area (Å²) in [4.78, 5) is 6.26. The standard InChI is InChI=1S/C13H12F2N6OS/c14-11(15)12-18-17-9-1-2-10(19-21(9)12)20-4-5-22-8(7-20)13-16-3-6-23-13/h1-3,6,8,11H,4-5,7H2. The van der Waals surface area contributed by atoms with E-state index in [9.17, 15) is 8.78 Å². The third-order valence-electron chi connectivity index (χ3n) is 3.59. The molecule has 3 aromatic heterocycles. The summed E-state index contributed by atoms with van der Waals surface area (Å²) >= 11 is 1.53. The lowest BCUT2D eigenvalue weighted by atomic mass is 10.3. The number of nitrogens with zero attached hydrogens (tertiary/aromatic N) is 6. The molecule has 3 aromatic rings. The van der Waals surface area contributed by atoms with Crippen LogP contribution in [0.1, 0.15) is 23.4 Å². The van der Waals surface area contributed by atoms with Gasteiger partial charge >= 0.3 is 0 Å². The van der Waals surface area contributed by atoms with Crippen molar-refractivity contribution in [1.29, 1.82) is 0 Å². The smallest absolute Gasteiger partial charge is 0.299 e. The second kappa shape index (κ2) is 5.78. The van der Waals surface area contributed by atoms with Crippen LogP contribution in [0.4, 0.5) is 14.6 Å². The average Bonchev–Trinajstić information content (AvgIpc) is 3.24. The van der Waals surface area contributed by atoms with Crippen LogP contribution in [0.25, 0.3) is 5.65 Å². The number of hydrogen-bond donors (Lipinski definition) is 0. The third-order valence-corrected chi connectivity index (χ3v) is 4.45. The number of thiazole rings is 1. The Morgan fingerprint density at radius 3 is 3.00 bits per heavy atom. The van der Waals surface area contributed by atoms with Crippen molar-refractivity contribution in [2.75, 3.05) is 24.6 Å². The summed E-state index contributed by atoms with van der Waals surface area (Å²) in [6.07, 6.45) is -1.13. The minimum Gasteiger partial charge on any atom is -0.367 e. The molecule has 4 rings (SSSR count). The van der Waals surface area contributed by atoms with Gasteiger partial charge in [0.05, 0.1) is 13.2 Å². The predicted molar refractivity (Wildman–Crippen MR) is 78.8 cm³/mol. The van der Waals surface area contributed by atoms with Crippen LogP contribution >= 0.6 is 11.3 Å². The fraction of sp³-hybridized carbons (Fsp3) is 0.385. The fourth-order valence-corrected chi connectivity index (χ4v) is 3.18. The van der Waals surface area contributed by atoms with Gasteiger partial charge in [0.2, 0.25) is 5.82 Å². The monoisotopic (exact) mass is 338 g/mol. The topological polar surface area (TPSA) is 68.4 Å². The van der Waals surface area contributed by atoms with Gasteiger partial charge in [-0.25, -0.2) is 13.8 Å². The molecule has 0 radical (unpaired) electrons. The molecule has 1 aliphatic rings. The molecule has 0 bridgehead atoms. The Kier molecular flexibility index (Phi) is 3.62. The van der Waals surface area contributed by atoms with Gasteiger partial charge in [-0.2, -0.15) is 4.52 Å². The molecule has 7 nitrogen and oxygen atoms in total. The summed E-state index contributed by atoms with van der Waals surface area (Å²) in [5, 5.41) is 14.2. The zero-order valence-electron chi connectivity index (χ0n) is 11.8. The van der Waals surface area contributed by atoms with E-state index in [-0.39, 0.29) is 6.10 Å². The highest BCUT2D eigenvalue weighted by atomic mass is 32.1. The molecule has 0 spiro atoms. The predicted octanol–water partition coefficient (Wildman–Crippen LogP) is 2.10. The molecule has 23 heavy (non-hydrogen) atoms. The maximum absolute atomic E-state index is 12.9. The summed E-state index contributed by atoms with van der Waals surface area (Å²) in [7, 11) is 0. The van der Waals surface area contributed by atoms with Crippen LogP contribution in [0, 0.1) is 0 Å². The first-order valence-corrected chi connectivity index (χ1v) is 7.87. The maximum Gasteiger partial charge on any atom is 0.299 e.